The molecule has 8 heteroatoms. The Hall–Kier alpha value is -2.35. The highest BCUT2D eigenvalue weighted by atomic mass is 32.2. The van der Waals surface area contributed by atoms with Gasteiger partial charge in [0.25, 0.3) is 10.0 Å². The second-order valence-corrected chi connectivity index (χ2v) is 9.87. The van der Waals surface area contributed by atoms with E-state index in [-0.39, 0.29) is 18.1 Å². The van der Waals surface area contributed by atoms with Gasteiger partial charge in [0, 0.05) is 30.7 Å². The quantitative estimate of drug-likeness (QED) is 0.763. The molecule has 0 aliphatic carbocycles. The number of benzene rings is 1. The standard InChI is InChI=1S/C22H32N4O3S/c1-6-16(4)23-22(27)24-19-9-11-26(12-10-19)21-17(5)20(30(28,29)25-21)18-8-7-14(2)15(3)13-18/h7-8,13,16,19H,6,9-12H2,1-5H3,(H2,23,24,27). The normalized spacial score (nSPS) is 20.2. The molecule has 3 rings (SSSR count). The van der Waals surface area contributed by atoms with Gasteiger partial charge in [0.2, 0.25) is 0 Å². The first-order chi connectivity index (χ1) is 14.1. The van der Waals surface area contributed by atoms with Crippen molar-refractivity contribution in [2.75, 3.05) is 13.1 Å². The summed E-state index contributed by atoms with van der Waals surface area (Å²) in [6, 6.07) is 5.78. The van der Waals surface area contributed by atoms with Crippen molar-refractivity contribution in [2.45, 2.75) is 66.0 Å². The highest BCUT2D eigenvalue weighted by Gasteiger charge is 2.35. The number of hydrogen-bond acceptors (Lipinski definition) is 4. The van der Waals surface area contributed by atoms with Gasteiger partial charge in [0.05, 0.1) is 0 Å². The number of piperidine rings is 1. The predicted molar refractivity (Wildman–Crippen MR) is 121 cm³/mol. The number of carbonyl (C=O) groups is 1. The molecule has 30 heavy (non-hydrogen) atoms. The van der Waals surface area contributed by atoms with Gasteiger partial charge in [-0.05, 0) is 63.6 Å². The molecule has 0 radical (unpaired) electrons. The molecule has 164 valence electrons. The number of carbonyl (C=O) groups excluding carboxylic acids is 1. The molecule has 2 aliphatic heterocycles. The Balaban J connectivity index is 1.71. The summed E-state index contributed by atoms with van der Waals surface area (Å²) in [4.78, 5) is 14.4. The summed E-state index contributed by atoms with van der Waals surface area (Å²) in [5, 5.41) is 5.94. The van der Waals surface area contributed by atoms with Crippen LogP contribution in [0.25, 0.3) is 4.91 Å². The molecule has 2 aliphatic rings. The average Bonchev–Trinajstić information content (AvgIpc) is 2.93. The van der Waals surface area contributed by atoms with E-state index in [0.29, 0.717) is 35.0 Å². The third-order valence-corrected chi connectivity index (χ3v) is 7.50. The lowest BCUT2D eigenvalue weighted by molar-refractivity contribution is 0.223. The van der Waals surface area contributed by atoms with Crippen molar-refractivity contribution in [1.29, 1.82) is 0 Å². The number of urea groups is 1. The van der Waals surface area contributed by atoms with E-state index in [1.165, 1.54) is 0 Å². The van der Waals surface area contributed by atoms with Crippen molar-refractivity contribution in [3.8, 4) is 0 Å². The maximum Gasteiger partial charge on any atom is 0.315 e. The first kappa shape index (κ1) is 22.3. The second-order valence-electron chi connectivity index (χ2n) is 8.33. The molecule has 2 N–H and O–H groups in total. The number of nitrogens with one attached hydrogen (secondary N) is 2. The van der Waals surface area contributed by atoms with E-state index in [2.05, 4.69) is 15.0 Å². The smallest absolute Gasteiger partial charge is 0.315 e. The molecule has 1 saturated heterocycles. The molecule has 0 bridgehead atoms. The van der Waals surface area contributed by atoms with Gasteiger partial charge in [-0.25, -0.2) is 4.79 Å². The largest absolute Gasteiger partial charge is 0.356 e. The highest BCUT2D eigenvalue weighted by Crippen LogP contribution is 2.35. The Morgan fingerprint density at radius 2 is 1.87 bits per heavy atom. The van der Waals surface area contributed by atoms with Crippen LogP contribution in [0, 0.1) is 13.8 Å². The molecule has 2 amide bonds. The lowest BCUT2D eigenvalue weighted by Crippen LogP contribution is -2.50. The zero-order chi connectivity index (χ0) is 22.1. The molecule has 1 aromatic carbocycles. The van der Waals surface area contributed by atoms with Crippen molar-refractivity contribution in [2.24, 2.45) is 4.40 Å². The molecule has 7 nitrogen and oxygen atoms in total. The van der Waals surface area contributed by atoms with Crippen molar-refractivity contribution in [1.82, 2.24) is 15.5 Å². The lowest BCUT2D eigenvalue weighted by Gasteiger charge is -2.34. The molecule has 0 spiro atoms. The Morgan fingerprint density at radius 1 is 1.20 bits per heavy atom. The van der Waals surface area contributed by atoms with Gasteiger partial charge >= 0.3 is 6.03 Å². The molecular formula is C22H32N4O3S. The number of sulfonamides is 1. The molecular weight excluding hydrogens is 400 g/mol. The maximum absolute atomic E-state index is 12.8. The van der Waals surface area contributed by atoms with E-state index < -0.39 is 10.0 Å². The summed E-state index contributed by atoms with van der Waals surface area (Å²) in [5.74, 6) is 0.533. The van der Waals surface area contributed by atoms with Crippen molar-refractivity contribution >= 4 is 26.8 Å². The fourth-order valence-corrected chi connectivity index (χ4v) is 5.33. The number of hydrogen-bond donors (Lipinski definition) is 2. The summed E-state index contributed by atoms with van der Waals surface area (Å²) in [7, 11) is -3.72. The summed E-state index contributed by atoms with van der Waals surface area (Å²) < 4.78 is 29.8. The van der Waals surface area contributed by atoms with Gasteiger partial charge in [-0.1, -0.05) is 25.1 Å². The summed E-state index contributed by atoms with van der Waals surface area (Å²) in [6.45, 7) is 11.1. The summed E-state index contributed by atoms with van der Waals surface area (Å²) in [5.41, 5.74) is 3.56. The van der Waals surface area contributed by atoms with Gasteiger partial charge in [-0.2, -0.15) is 8.42 Å². The fraction of sp³-hybridized carbons (Fsp3) is 0.545. The first-order valence-corrected chi connectivity index (χ1v) is 12.0. The van der Waals surface area contributed by atoms with Crippen LogP contribution in [0.5, 0.6) is 0 Å². The minimum Gasteiger partial charge on any atom is -0.356 e. The van der Waals surface area contributed by atoms with Gasteiger partial charge < -0.3 is 15.5 Å². The van der Waals surface area contributed by atoms with Gasteiger partial charge in [-0.15, -0.1) is 4.40 Å². The van der Waals surface area contributed by atoms with E-state index in [0.717, 1.165) is 30.4 Å². The third-order valence-electron chi connectivity index (χ3n) is 6.03. The van der Waals surface area contributed by atoms with Crippen LogP contribution in [0.2, 0.25) is 0 Å². The molecule has 1 unspecified atom stereocenters. The van der Waals surface area contributed by atoms with Crippen LogP contribution >= 0.6 is 0 Å². The zero-order valence-electron chi connectivity index (χ0n) is 18.4. The number of amides is 2. The van der Waals surface area contributed by atoms with E-state index in [4.69, 9.17) is 0 Å². The molecule has 0 aromatic heterocycles. The molecule has 1 atom stereocenters. The van der Waals surface area contributed by atoms with Crippen LogP contribution in [-0.2, 0) is 10.0 Å². The number of nitrogens with zero attached hydrogens (tertiary/aromatic N) is 2. The number of amidine groups is 1. The van der Waals surface area contributed by atoms with Crippen LogP contribution in [0.3, 0.4) is 0 Å². The Kier molecular flexibility index (Phi) is 6.55. The molecule has 1 fully saturated rings. The van der Waals surface area contributed by atoms with Crippen LogP contribution < -0.4 is 10.6 Å². The van der Waals surface area contributed by atoms with Gasteiger partial charge in [0.1, 0.15) is 10.7 Å². The van der Waals surface area contributed by atoms with E-state index in [9.17, 15) is 13.2 Å². The van der Waals surface area contributed by atoms with Crippen molar-refractivity contribution < 1.29 is 13.2 Å². The lowest BCUT2D eigenvalue weighted by atomic mass is 10.0. The molecule has 1 aromatic rings. The van der Waals surface area contributed by atoms with E-state index in [1.54, 1.807) is 0 Å². The molecule has 2 heterocycles. The van der Waals surface area contributed by atoms with Crippen LogP contribution in [-0.4, -0.2) is 50.4 Å². The van der Waals surface area contributed by atoms with Crippen molar-refractivity contribution in [3.05, 3.63) is 40.5 Å². The average molecular weight is 433 g/mol. The zero-order valence-corrected chi connectivity index (χ0v) is 19.3. The summed E-state index contributed by atoms with van der Waals surface area (Å²) in [6.07, 6.45) is 2.38. The van der Waals surface area contributed by atoms with Crippen LogP contribution in [0.15, 0.2) is 28.2 Å². The number of likely N-dealkylation sites (tertiary alicyclic amines) is 1. The minimum absolute atomic E-state index is 0.0763. The topological polar surface area (TPSA) is 90.9 Å². The van der Waals surface area contributed by atoms with Crippen LogP contribution in [0.4, 0.5) is 4.79 Å². The SMILES string of the molecule is CCC(C)NC(=O)NC1CCN(C2=NS(=O)(=O)C(c3ccc(C)c(C)c3)=C2C)CC1. The van der Waals surface area contributed by atoms with E-state index >= 15 is 0 Å². The number of aryl methyl sites for hydroxylation is 2. The summed E-state index contributed by atoms with van der Waals surface area (Å²) >= 11 is 0. The highest BCUT2D eigenvalue weighted by molar-refractivity contribution is 8.00. The number of rotatable bonds is 4. The van der Waals surface area contributed by atoms with Gasteiger partial charge in [-0.3, -0.25) is 0 Å². The maximum atomic E-state index is 12.8. The second kappa shape index (κ2) is 8.79. The Bertz CT molecular complexity index is 990. The fourth-order valence-electron chi connectivity index (χ4n) is 3.85. The van der Waals surface area contributed by atoms with Crippen LogP contribution in [0.1, 0.15) is 56.7 Å². The van der Waals surface area contributed by atoms with Gasteiger partial charge in [0.15, 0.2) is 0 Å². The monoisotopic (exact) mass is 432 g/mol. The molecule has 0 saturated carbocycles. The van der Waals surface area contributed by atoms with E-state index in [1.807, 2.05) is 57.7 Å². The van der Waals surface area contributed by atoms with Crippen molar-refractivity contribution in [3.63, 3.8) is 0 Å². The predicted octanol–water partition coefficient (Wildman–Crippen LogP) is 3.34. The Morgan fingerprint density at radius 3 is 2.47 bits per heavy atom. The first-order valence-electron chi connectivity index (χ1n) is 10.6. The third kappa shape index (κ3) is 4.69. The minimum atomic E-state index is -3.72. The Labute approximate surface area is 179 Å².